The summed E-state index contributed by atoms with van der Waals surface area (Å²) in [7, 11) is 8.30. The molecule has 0 saturated carbocycles. The Balaban J connectivity index is 1.36. The number of ketones is 1. The van der Waals surface area contributed by atoms with Crippen LogP contribution in [0.15, 0.2) is 65.7 Å². The maximum absolute atomic E-state index is 14.7. The largest absolute Gasteiger partial charge is 0.462 e. The van der Waals surface area contributed by atoms with Gasteiger partial charge >= 0.3 is 17.9 Å². The van der Waals surface area contributed by atoms with E-state index in [2.05, 4.69) is 15.2 Å². The second kappa shape index (κ2) is 30.0. The van der Waals surface area contributed by atoms with E-state index in [0.29, 0.717) is 30.8 Å². The van der Waals surface area contributed by atoms with Crippen LogP contribution in [-0.4, -0.2) is 191 Å². The summed E-state index contributed by atoms with van der Waals surface area (Å²) in [6.07, 6.45) is 2.06. The number of likely N-dealkylation sites (N-methyl/N-ethyl adjacent to an activating group) is 1. The average Bonchev–Trinajstić information content (AvgIpc) is 4.04. The summed E-state index contributed by atoms with van der Waals surface area (Å²) in [4.78, 5) is 66.6. The van der Waals surface area contributed by atoms with Gasteiger partial charge in [0, 0.05) is 83.7 Å². The van der Waals surface area contributed by atoms with Crippen molar-refractivity contribution in [1.82, 2.24) is 19.7 Å². The smallest absolute Gasteiger partial charge is 0.308 e. The van der Waals surface area contributed by atoms with Crippen molar-refractivity contribution in [3.63, 3.8) is 0 Å². The summed E-state index contributed by atoms with van der Waals surface area (Å²) in [6.45, 7) is 14.0. The second-order valence-electron chi connectivity index (χ2n) is 20.9. The fourth-order valence-corrected chi connectivity index (χ4v) is 10.8. The lowest BCUT2D eigenvalue weighted by atomic mass is 9.79. The molecule has 4 aliphatic rings. The number of nitrogens with zero attached hydrogens (tertiary/aromatic N) is 5. The number of aromatic nitrogens is 3. The number of carbonyl (C=O) groups excluding carboxylic acids is 4. The Morgan fingerprint density at radius 2 is 1.58 bits per heavy atom. The van der Waals surface area contributed by atoms with Crippen LogP contribution in [0.3, 0.4) is 0 Å². The van der Waals surface area contributed by atoms with Gasteiger partial charge in [-0.05, 0) is 78.3 Å². The lowest BCUT2D eigenvalue weighted by Gasteiger charge is -2.48. The quantitative estimate of drug-likeness (QED) is 0.117. The van der Waals surface area contributed by atoms with Crippen LogP contribution in [0, 0.1) is 23.7 Å². The van der Waals surface area contributed by atoms with Gasteiger partial charge < -0.3 is 61.7 Å². The van der Waals surface area contributed by atoms with Gasteiger partial charge in [0.05, 0.1) is 56.7 Å². The van der Waals surface area contributed by atoms with Crippen LogP contribution in [0.5, 0.6) is 0 Å². The number of pyridine rings is 1. The van der Waals surface area contributed by atoms with Crippen molar-refractivity contribution >= 4 is 29.4 Å². The molecule has 0 radical (unpaired) electrons. The van der Waals surface area contributed by atoms with Gasteiger partial charge in [-0.1, -0.05) is 49.7 Å². The van der Waals surface area contributed by atoms with E-state index in [-0.39, 0.29) is 45.2 Å². The van der Waals surface area contributed by atoms with E-state index in [1.54, 1.807) is 77.8 Å². The Morgan fingerprint density at radius 1 is 0.872 bits per heavy atom. The summed E-state index contributed by atoms with van der Waals surface area (Å²) in [5.41, 5.74) is 1.91. The number of oxime groups is 1. The van der Waals surface area contributed by atoms with E-state index < -0.39 is 121 Å². The number of esters is 3. The monoisotopic (exact) mass is 1100 g/mol. The van der Waals surface area contributed by atoms with Gasteiger partial charge in [-0.2, -0.15) is 5.10 Å². The molecule has 2 unspecified atom stereocenters. The van der Waals surface area contributed by atoms with E-state index in [1.807, 2.05) is 63.8 Å². The van der Waals surface area contributed by atoms with Gasteiger partial charge in [0.1, 0.15) is 42.8 Å². The first-order valence-corrected chi connectivity index (χ1v) is 26.9. The Labute approximate surface area is 458 Å². The zero-order valence-corrected chi connectivity index (χ0v) is 47.6. The molecule has 6 heterocycles. The summed E-state index contributed by atoms with van der Waals surface area (Å²) >= 11 is 0. The molecule has 0 spiro atoms. The number of hydrogen-bond donors (Lipinski definition) is 0. The van der Waals surface area contributed by atoms with Crippen molar-refractivity contribution in [2.75, 3.05) is 61.9 Å². The summed E-state index contributed by atoms with van der Waals surface area (Å²) in [5, 5.41) is 8.71. The molecule has 2 aromatic rings. The van der Waals surface area contributed by atoms with Gasteiger partial charge in [-0.15, -0.1) is 0 Å². The third kappa shape index (κ3) is 16.8. The molecule has 0 aromatic carbocycles. The molecule has 4 aliphatic heterocycles. The first kappa shape index (κ1) is 62.2. The van der Waals surface area contributed by atoms with Crippen LogP contribution in [0.1, 0.15) is 86.6 Å². The van der Waals surface area contributed by atoms with Crippen molar-refractivity contribution in [1.29, 1.82) is 0 Å². The Kier molecular flexibility index (Phi) is 23.9. The Bertz CT molecular complexity index is 2310. The molecular weight excluding hydrogens is 1010 g/mol. The maximum Gasteiger partial charge on any atom is 0.308 e. The molecule has 22 nitrogen and oxygen atoms in total. The number of allylic oxidation sites excluding steroid dienone is 3. The summed E-state index contributed by atoms with van der Waals surface area (Å²) in [5.74, 6) is -3.32. The minimum absolute atomic E-state index is 0.0204. The number of ether oxygens (including phenoxy) is 12. The SMILES string of the molecule is CC[C@H]1OC(=O)C[C@H]2OCC(=NOCc3ccc(-n4cccn4)nc3)COCC[C@@H](C[C@@H](C)C(=O)/C=C/C(C)=C/[C@@H]1COC1O[C@H](C)[C@@H](OC)[C@@H](OC)[C@H]1OC)[C@H](OC1O[C@H](C)[C@@H](OC(C)=O)[C@H](N(C)C)[C@H]1OC(C)=O)[C@H]2C. The lowest BCUT2D eigenvalue weighted by molar-refractivity contribution is -0.308. The molecular formula is C56H83N5O17. The fraction of sp³-hybridized carbons (Fsp3) is 0.696. The maximum atomic E-state index is 14.7. The molecule has 2 aromatic heterocycles. The van der Waals surface area contributed by atoms with Crippen LogP contribution >= 0.6 is 0 Å². The molecule has 434 valence electrons. The highest BCUT2D eigenvalue weighted by Gasteiger charge is 2.52. The van der Waals surface area contributed by atoms with E-state index in [9.17, 15) is 19.2 Å². The molecule has 78 heavy (non-hydrogen) atoms. The minimum atomic E-state index is -1.21. The van der Waals surface area contributed by atoms with Crippen molar-refractivity contribution in [3.05, 3.63) is 66.2 Å². The molecule has 0 N–H and O–H groups in total. The lowest BCUT2D eigenvalue weighted by Crippen LogP contribution is -2.65. The number of carbonyl (C=O) groups is 4. The van der Waals surface area contributed by atoms with Crippen molar-refractivity contribution in [3.8, 4) is 5.82 Å². The highest BCUT2D eigenvalue weighted by Crippen LogP contribution is 2.38. The van der Waals surface area contributed by atoms with Gasteiger partial charge in [0.25, 0.3) is 0 Å². The molecule has 6 rings (SSSR count). The van der Waals surface area contributed by atoms with Gasteiger partial charge in [-0.3, -0.25) is 24.1 Å². The Hall–Kier alpha value is -5.01. The third-order valence-corrected chi connectivity index (χ3v) is 14.8. The van der Waals surface area contributed by atoms with Gasteiger partial charge in [0.15, 0.2) is 30.3 Å². The summed E-state index contributed by atoms with van der Waals surface area (Å²) < 4.78 is 76.9. The first-order valence-electron chi connectivity index (χ1n) is 26.9. The number of hydrogen-bond acceptors (Lipinski definition) is 21. The molecule has 17 atom stereocenters. The number of methoxy groups -OCH3 is 3. The second-order valence-corrected chi connectivity index (χ2v) is 20.9. The highest BCUT2D eigenvalue weighted by molar-refractivity contribution is 5.91. The van der Waals surface area contributed by atoms with E-state index >= 15 is 0 Å². The van der Waals surface area contributed by atoms with Crippen molar-refractivity contribution in [2.45, 2.75) is 167 Å². The highest BCUT2D eigenvalue weighted by atomic mass is 16.7. The van der Waals surface area contributed by atoms with Crippen LogP contribution < -0.4 is 0 Å². The fourth-order valence-electron chi connectivity index (χ4n) is 10.8. The van der Waals surface area contributed by atoms with Gasteiger partial charge in [-0.25, -0.2) is 9.67 Å². The summed E-state index contributed by atoms with van der Waals surface area (Å²) in [6, 6.07) is 4.80. The first-order chi connectivity index (χ1) is 37.3. The van der Waals surface area contributed by atoms with E-state index in [4.69, 9.17) is 61.7 Å². The predicted molar refractivity (Wildman–Crippen MR) is 282 cm³/mol. The zero-order chi connectivity index (χ0) is 56.6. The number of fused-ring (bicyclic) bond motifs is 3. The molecule has 0 aliphatic carbocycles. The zero-order valence-electron chi connectivity index (χ0n) is 47.6. The Morgan fingerprint density at radius 3 is 2.22 bits per heavy atom. The number of rotatable bonds is 16. The minimum Gasteiger partial charge on any atom is -0.462 e. The molecule has 3 saturated heterocycles. The van der Waals surface area contributed by atoms with E-state index in [0.717, 1.165) is 11.1 Å². The van der Waals surface area contributed by atoms with Crippen molar-refractivity contribution in [2.24, 2.45) is 28.8 Å². The molecule has 2 bridgehead atoms. The number of cyclic esters (lactones) is 1. The average molecular weight is 1100 g/mol. The molecule has 22 heteroatoms. The topological polar surface area (TPSA) is 235 Å². The van der Waals surface area contributed by atoms with Crippen LogP contribution in [0.2, 0.25) is 0 Å². The van der Waals surface area contributed by atoms with Crippen molar-refractivity contribution < 1.29 is 80.9 Å². The van der Waals surface area contributed by atoms with Gasteiger partial charge in [0.2, 0.25) is 0 Å². The third-order valence-electron chi connectivity index (χ3n) is 14.8. The normalized spacial score (nSPS) is 35.5. The van der Waals surface area contributed by atoms with Crippen LogP contribution in [0.4, 0.5) is 0 Å². The van der Waals surface area contributed by atoms with E-state index in [1.165, 1.54) is 13.8 Å². The standard InChI is InChI=1S/C56H83N5O17/c1-14-44-41(29-71-55-54(68-13)53(67-12)51(66-11)36(6)73-55)24-32(2)16-18-43(64)33(3)25-40-20-23-69-30-42(59-72-28-39-17-19-46(57-27-39)61-22-15-21-58-61)31-70-45(26-47(65)77-44)34(4)49(40)78-56-52(76-38(8)63)48(60(9)10)50(35(5)74-56)75-37(7)62/h15-19,21-22,24,27,33-36,40-41,44-45,48-56H,14,20,23,25-26,28-31H2,1-13H3/b18-16+,32-24+,59-42?/t33-,34+,35-,36-,40+,41-,44-,45-,48+,49-,50-,51-,52-,53-,54-,55?,56?/m1/s1. The van der Waals surface area contributed by atoms with Crippen LogP contribution in [0.25, 0.3) is 5.82 Å². The molecule has 0 amide bonds. The molecule has 3 fully saturated rings. The van der Waals surface area contributed by atoms with Crippen LogP contribution in [-0.2, 0) is 87.5 Å². The predicted octanol–water partition coefficient (Wildman–Crippen LogP) is 5.37.